The highest BCUT2D eigenvalue weighted by Crippen LogP contribution is 2.61. The van der Waals surface area contributed by atoms with Crippen LogP contribution >= 0.6 is 0 Å². The molecule has 1 unspecified atom stereocenters. The number of hydrogen-bond acceptors (Lipinski definition) is 6. The van der Waals surface area contributed by atoms with Gasteiger partial charge in [0.1, 0.15) is 6.04 Å². The van der Waals surface area contributed by atoms with Gasteiger partial charge in [-0.1, -0.05) is 19.0 Å². The summed E-state index contributed by atoms with van der Waals surface area (Å²) in [6.07, 6.45) is 11.5. The molecular formula is C25H33N5O3. The normalized spacial score (nSPS) is 28.6. The van der Waals surface area contributed by atoms with Gasteiger partial charge >= 0.3 is 0 Å². The number of rotatable bonds is 8. The van der Waals surface area contributed by atoms with E-state index in [2.05, 4.69) is 25.8 Å². The smallest absolute Gasteiger partial charge is 0.249 e. The van der Waals surface area contributed by atoms with Gasteiger partial charge in [-0.25, -0.2) is 0 Å². The minimum absolute atomic E-state index is 0.00837. The van der Waals surface area contributed by atoms with E-state index < -0.39 is 6.04 Å². The van der Waals surface area contributed by atoms with Crippen LogP contribution < -0.4 is 10.6 Å². The quantitative estimate of drug-likeness (QED) is 0.634. The minimum atomic E-state index is -0.430. The summed E-state index contributed by atoms with van der Waals surface area (Å²) in [4.78, 5) is 33.9. The van der Waals surface area contributed by atoms with E-state index >= 15 is 0 Å². The SMILES string of the molecule is CC(C)C(NC(=O)CNC(=O)CC12CC3CC(CC(C3)C1)C2)c1nc(-c2ccncc2)no1. The molecule has 176 valence electrons. The van der Waals surface area contributed by atoms with Crippen LogP contribution in [0.4, 0.5) is 0 Å². The van der Waals surface area contributed by atoms with Gasteiger partial charge in [0.05, 0.1) is 6.54 Å². The molecule has 2 amide bonds. The van der Waals surface area contributed by atoms with Crippen LogP contribution in [0.3, 0.4) is 0 Å². The van der Waals surface area contributed by atoms with E-state index in [-0.39, 0.29) is 29.7 Å². The molecule has 2 aromatic heterocycles. The van der Waals surface area contributed by atoms with Crippen molar-refractivity contribution >= 4 is 11.8 Å². The Balaban J connectivity index is 1.15. The number of aromatic nitrogens is 3. The van der Waals surface area contributed by atoms with E-state index in [0.29, 0.717) is 18.1 Å². The lowest BCUT2D eigenvalue weighted by Crippen LogP contribution is -2.48. The molecule has 4 bridgehead atoms. The molecule has 8 heteroatoms. The van der Waals surface area contributed by atoms with Crippen molar-refractivity contribution in [3.63, 3.8) is 0 Å². The maximum absolute atomic E-state index is 12.7. The first-order valence-corrected chi connectivity index (χ1v) is 12.2. The summed E-state index contributed by atoms with van der Waals surface area (Å²) in [6, 6.07) is 3.18. The van der Waals surface area contributed by atoms with E-state index in [9.17, 15) is 9.59 Å². The molecule has 4 fully saturated rings. The molecule has 33 heavy (non-hydrogen) atoms. The molecule has 4 aliphatic rings. The summed E-state index contributed by atoms with van der Waals surface area (Å²) in [5.74, 6) is 3.02. The van der Waals surface area contributed by atoms with Crippen molar-refractivity contribution in [1.29, 1.82) is 0 Å². The van der Waals surface area contributed by atoms with Gasteiger partial charge in [0.15, 0.2) is 0 Å². The van der Waals surface area contributed by atoms with Crippen LogP contribution in [-0.2, 0) is 9.59 Å². The van der Waals surface area contributed by atoms with Gasteiger partial charge in [-0.3, -0.25) is 14.6 Å². The molecule has 2 heterocycles. The van der Waals surface area contributed by atoms with Gasteiger partial charge in [0.2, 0.25) is 23.5 Å². The van der Waals surface area contributed by atoms with Gasteiger partial charge in [-0.15, -0.1) is 0 Å². The van der Waals surface area contributed by atoms with Crippen LogP contribution in [0.1, 0.15) is 70.7 Å². The number of hydrogen-bond donors (Lipinski definition) is 2. The number of carbonyl (C=O) groups excluding carboxylic acids is 2. The Bertz CT molecular complexity index is 967. The van der Waals surface area contributed by atoms with Crippen molar-refractivity contribution in [1.82, 2.24) is 25.8 Å². The van der Waals surface area contributed by atoms with Gasteiger partial charge in [-0.05, 0) is 79.7 Å². The summed E-state index contributed by atoms with van der Waals surface area (Å²) in [5.41, 5.74) is 0.967. The highest BCUT2D eigenvalue weighted by Gasteiger charge is 2.51. The Morgan fingerprint density at radius 1 is 1.06 bits per heavy atom. The second-order valence-corrected chi connectivity index (χ2v) is 10.9. The maximum Gasteiger partial charge on any atom is 0.249 e. The van der Waals surface area contributed by atoms with Gasteiger partial charge in [-0.2, -0.15) is 4.98 Å². The van der Waals surface area contributed by atoms with Crippen molar-refractivity contribution < 1.29 is 14.1 Å². The molecule has 2 aromatic rings. The van der Waals surface area contributed by atoms with Gasteiger partial charge in [0, 0.05) is 24.4 Å². The summed E-state index contributed by atoms with van der Waals surface area (Å²) in [7, 11) is 0. The third-order valence-corrected chi connectivity index (χ3v) is 7.78. The van der Waals surface area contributed by atoms with Crippen LogP contribution in [0.15, 0.2) is 29.0 Å². The minimum Gasteiger partial charge on any atom is -0.347 e. The van der Waals surface area contributed by atoms with E-state index in [1.54, 1.807) is 24.5 Å². The van der Waals surface area contributed by atoms with Crippen LogP contribution in [0, 0.1) is 29.1 Å². The lowest BCUT2D eigenvalue weighted by Gasteiger charge is -2.56. The van der Waals surface area contributed by atoms with Crippen LogP contribution in [0.5, 0.6) is 0 Å². The monoisotopic (exact) mass is 451 g/mol. The number of amides is 2. The second kappa shape index (κ2) is 8.88. The molecule has 8 nitrogen and oxygen atoms in total. The van der Waals surface area contributed by atoms with E-state index in [0.717, 1.165) is 23.3 Å². The van der Waals surface area contributed by atoms with Crippen molar-refractivity contribution in [3.8, 4) is 11.4 Å². The van der Waals surface area contributed by atoms with Crippen molar-refractivity contribution in [2.24, 2.45) is 29.1 Å². The van der Waals surface area contributed by atoms with Crippen LogP contribution in [0.2, 0.25) is 0 Å². The number of pyridine rings is 1. The highest BCUT2D eigenvalue weighted by atomic mass is 16.5. The first kappa shape index (κ1) is 22.0. The third kappa shape index (κ3) is 4.80. The summed E-state index contributed by atoms with van der Waals surface area (Å²) < 4.78 is 5.44. The second-order valence-electron chi connectivity index (χ2n) is 10.9. The van der Waals surface area contributed by atoms with E-state index in [1.165, 1.54) is 38.5 Å². The summed E-state index contributed by atoms with van der Waals surface area (Å²) in [5, 5.41) is 9.85. The molecule has 0 aromatic carbocycles. The predicted molar refractivity (Wildman–Crippen MR) is 121 cm³/mol. The lowest BCUT2D eigenvalue weighted by molar-refractivity contribution is -0.132. The zero-order chi connectivity index (χ0) is 23.0. The summed E-state index contributed by atoms with van der Waals surface area (Å²) >= 11 is 0. The zero-order valence-corrected chi connectivity index (χ0v) is 19.4. The molecule has 0 aliphatic heterocycles. The number of nitrogens with zero attached hydrogens (tertiary/aromatic N) is 3. The average Bonchev–Trinajstić information content (AvgIpc) is 3.25. The molecule has 0 spiro atoms. The molecule has 0 saturated heterocycles. The molecule has 4 saturated carbocycles. The largest absolute Gasteiger partial charge is 0.347 e. The third-order valence-electron chi connectivity index (χ3n) is 7.78. The lowest BCUT2D eigenvalue weighted by atomic mass is 9.49. The van der Waals surface area contributed by atoms with E-state index in [1.807, 2.05) is 13.8 Å². The predicted octanol–water partition coefficient (Wildman–Crippen LogP) is 3.67. The standard InChI is InChI=1S/C25H33N5O3/c1-15(2)22(24-29-23(30-33-24)19-3-5-26-6-4-19)28-21(32)14-27-20(31)13-25-10-16-7-17(11-25)9-18(8-16)12-25/h3-6,15-18,22H,7-14H2,1-2H3,(H,27,31)(H,28,32). The van der Waals surface area contributed by atoms with Crippen molar-refractivity contribution in [2.45, 2.75) is 64.8 Å². The molecule has 6 rings (SSSR count). The number of carbonyl (C=O) groups is 2. The highest BCUT2D eigenvalue weighted by molar-refractivity contribution is 5.85. The van der Waals surface area contributed by atoms with Gasteiger partial charge < -0.3 is 15.2 Å². The Morgan fingerprint density at radius 3 is 2.30 bits per heavy atom. The Kier molecular flexibility index (Phi) is 5.93. The topological polar surface area (TPSA) is 110 Å². The molecule has 0 radical (unpaired) electrons. The molecule has 1 atom stereocenters. The fourth-order valence-electron chi connectivity index (χ4n) is 6.81. The first-order chi connectivity index (χ1) is 15.9. The molecule has 2 N–H and O–H groups in total. The van der Waals surface area contributed by atoms with Crippen LogP contribution in [0.25, 0.3) is 11.4 Å². The molecular weight excluding hydrogens is 418 g/mol. The maximum atomic E-state index is 12.7. The zero-order valence-electron chi connectivity index (χ0n) is 19.4. The van der Waals surface area contributed by atoms with Crippen molar-refractivity contribution in [3.05, 3.63) is 30.4 Å². The molecule has 4 aliphatic carbocycles. The number of nitrogens with one attached hydrogen (secondary N) is 2. The Morgan fingerprint density at radius 2 is 1.70 bits per heavy atom. The van der Waals surface area contributed by atoms with Crippen LogP contribution in [-0.4, -0.2) is 33.5 Å². The fourth-order valence-corrected chi connectivity index (χ4v) is 6.81. The van der Waals surface area contributed by atoms with Gasteiger partial charge in [0.25, 0.3) is 0 Å². The fraction of sp³-hybridized carbons (Fsp3) is 0.640. The van der Waals surface area contributed by atoms with E-state index in [4.69, 9.17) is 4.52 Å². The van der Waals surface area contributed by atoms with Crippen molar-refractivity contribution in [2.75, 3.05) is 6.54 Å². The average molecular weight is 452 g/mol. The summed E-state index contributed by atoms with van der Waals surface area (Å²) in [6.45, 7) is 3.92. The Labute approximate surface area is 194 Å². The first-order valence-electron chi connectivity index (χ1n) is 12.2. The Hall–Kier alpha value is -2.77.